The first kappa shape index (κ1) is 12.7. The molecule has 0 aliphatic rings. The van der Waals surface area contributed by atoms with Crippen molar-refractivity contribution in [1.29, 1.82) is 0 Å². The van der Waals surface area contributed by atoms with Crippen LogP contribution >= 0.6 is 15.9 Å². The molecule has 0 bridgehead atoms. The average molecular weight is 271 g/mol. The second-order valence-electron chi connectivity index (χ2n) is 4.37. The van der Waals surface area contributed by atoms with Crippen LogP contribution in [0.2, 0.25) is 0 Å². The zero-order valence-electron chi connectivity index (χ0n) is 9.60. The van der Waals surface area contributed by atoms with Gasteiger partial charge in [-0.2, -0.15) is 0 Å². The van der Waals surface area contributed by atoms with Gasteiger partial charge in [0.05, 0.1) is 0 Å². The predicted molar refractivity (Wildman–Crippen MR) is 69.0 cm³/mol. The van der Waals surface area contributed by atoms with Crippen molar-refractivity contribution in [2.24, 2.45) is 0 Å². The van der Waals surface area contributed by atoms with Crippen LogP contribution in [0, 0.1) is 0 Å². The Morgan fingerprint density at radius 3 is 2.67 bits per heavy atom. The van der Waals surface area contributed by atoms with Crippen molar-refractivity contribution in [1.82, 2.24) is 10.6 Å². The highest BCUT2D eigenvalue weighted by Crippen LogP contribution is 2.11. The van der Waals surface area contributed by atoms with E-state index in [4.69, 9.17) is 0 Å². The molecule has 3 heteroatoms. The summed E-state index contributed by atoms with van der Waals surface area (Å²) < 4.78 is 1.13. The van der Waals surface area contributed by atoms with E-state index >= 15 is 0 Å². The lowest BCUT2D eigenvalue weighted by Gasteiger charge is -2.24. The molecule has 0 aliphatic carbocycles. The quantitative estimate of drug-likeness (QED) is 0.860. The first-order chi connectivity index (χ1) is 7.03. The molecule has 0 fully saturated rings. The van der Waals surface area contributed by atoms with E-state index in [2.05, 4.69) is 58.6 Å². The Morgan fingerprint density at radius 1 is 1.33 bits per heavy atom. The fourth-order valence-corrected chi connectivity index (χ4v) is 1.70. The van der Waals surface area contributed by atoms with Gasteiger partial charge in [0, 0.05) is 23.1 Å². The largest absolute Gasteiger partial charge is 0.314 e. The maximum atomic E-state index is 3.47. The number of benzene rings is 1. The van der Waals surface area contributed by atoms with Crippen LogP contribution in [-0.4, -0.2) is 19.1 Å². The van der Waals surface area contributed by atoms with Crippen LogP contribution in [0.4, 0.5) is 0 Å². The zero-order chi connectivity index (χ0) is 11.3. The summed E-state index contributed by atoms with van der Waals surface area (Å²) in [7, 11) is 1.99. The summed E-state index contributed by atoms with van der Waals surface area (Å²) in [5, 5.41) is 6.70. The molecule has 0 radical (unpaired) electrons. The Balaban J connectivity index is 2.38. The van der Waals surface area contributed by atoms with Gasteiger partial charge in [-0.05, 0) is 38.6 Å². The number of nitrogens with one attached hydrogen (secondary N) is 2. The van der Waals surface area contributed by atoms with Crippen molar-refractivity contribution >= 4 is 15.9 Å². The van der Waals surface area contributed by atoms with E-state index in [0.29, 0.717) is 0 Å². The smallest absolute Gasteiger partial charge is 0.0246 e. The van der Waals surface area contributed by atoms with Gasteiger partial charge in [0.2, 0.25) is 0 Å². The molecule has 2 nitrogen and oxygen atoms in total. The Bertz CT molecular complexity index is 310. The summed E-state index contributed by atoms with van der Waals surface area (Å²) in [5.74, 6) is 0. The molecular formula is C12H19BrN2. The number of rotatable bonds is 5. The molecule has 0 amide bonds. The molecule has 1 aromatic carbocycles. The lowest BCUT2D eigenvalue weighted by atomic mass is 10.1. The first-order valence-corrected chi connectivity index (χ1v) is 5.97. The second-order valence-corrected chi connectivity index (χ2v) is 5.28. The Kier molecular flexibility index (Phi) is 4.77. The van der Waals surface area contributed by atoms with Crippen molar-refractivity contribution in [2.75, 3.05) is 13.6 Å². The maximum Gasteiger partial charge on any atom is 0.0246 e. The zero-order valence-corrected chi connectivity index (χ0v) is 11.2. The standard InChI is InChI=1S/C12H19BrN2/c1-12(2,14-3)9-15-8-10-5-4-6-11(13)7-10/h4-7,14-15H,8-9H2,1-3H3. The molecule has 0 aliphatic heterocycles. The van der Waals surface area contributed by atoms with Gasteiger partial charge < -0.3 is 10.6 Å². The Labute approximate surface area is 101 Å². The normalized spacial score (nSPS) is 11.7. The topological polar surface area (TPSA) is 24.1 Å². The molecule has 2 N–H and O–H groups in total. The van der Waals surface area contributed by atoms with Crippen molar-refractivity contribution in [3.63, 3.8) is 0 Å². The Hall–Kier alpha value is -0.380. The lowest BCUT2D eigenvalue weighted by molar-refractivity contribution is 0.393. The van der Waals surface area contributed by atoms with Gasteiger partial charge in [-0.3, -0.25) is 0 Å². The van der Waals surface area contributed by atoms with Gasteiger partial charge in [-0.15, -0.1) is 0 Å². The van der Waals surface area contributed by atoms with Crippen LogP contribution in [0.25, 0.3) is 0 Å². The molecular weight excluding hydrogens is 252 g/mol. The number of hydrogen-bond donors (Lipinski definition) is 2. The number of likely N-dealkylation sites (N-methyl/N-ethyl adjacent to an activating group) is 1. The molecule has 0 unspecified atom stereocenters. The summed E-state index contributed by atoms with van der Waals surface area (Å²) in [4.78, 5) is 0. The van der Waals surface area contributed by atoms with E-state index in [1.165, 1.54) is 5.56 Å². The number of halogens is 1. The third-order valence-corrected chi connectivity index (χ3v) is 2.96. The molecule has 0 atom stereocenters. The molecule has 15 heavy (non-hydrogen) atoms. The van der Waals surface area contributed by atoms with Gasteiger partial charge in [0.15, 0.2) is 0 Å². The van der Waals surface area contributed by atoms with E-state index in [9.17, 15) is 0 Å². The predicted octanol–water partition coefficient (Wildman–Crippen LogP) is 2.54. The van der Waals surface area contributed by atoms with Crippen molar-refractivity contribution < 1.29 is 0 Å². The summed E-state index contributed by atoms with van der Waals surface area (Å²) in [6.07, 6.45) is 0. The second kappa shape index (κ2) is 5.64. The molecule has 0 saturated heterocycles. The maximum absolute atomic E-state index is 3.47. The van der Waals surface area contributed by atoms with Gasteiger partial charge >= 0.3 is 0 Å². The highest BCUT2D eigenvalue weighted by molar-refractivity contribution is 9.10. The monoisotopic (exact) mass is 270 g/mol. The molecule has 0 saturated carbocycles. The summed E-state index contributed by atoms with van der Waals surface area (Å²) >= 11 is 3.47. The highest BCUT2D eigenvalue weighted by atomic mass is 79.9. The van der Waals surface area contributed by atoms with E-state index in [1.54, 1.807) is 0 Å². The van der Waals surface area contributed by atoms with E-state index in [0.717, 1.165) is 17.6 Å². The van der Waals surface area contributed by atoms with Crippen LogP contribution in [-0.2, 0) is 6.54 Å². The van der Waals surface area contributed by atoms with Gasteiger partial charge in [0.25, 0.3) is 0 Å². The third kappa shape index (κ3) is 4.78. The van der Waals surface area contributed by atoms with Crippen molar-refractivity contribution in [3.05, 3.63) is 34.3 Å². The van der Waals surface area contributed by atoms with Crippen LogP contribution in [0.5, 0.6) is 0 Å². The third-order valence-electron chi connectivity index (χ3n) is 2.46. The van der Waals surface area contributed by atoms with E-state index < -0.39 is 0 Å². The minimum Gasteiger partial charge on any atom is -0.314 e. The number of hydrogen-bond acceptors (Lipinski definition) is 2. The summed E-state index contributed by atoms with van der Waals surface area (Å²) in [6.45, 7) is 6.22. The molecule has 84 valence electrons. The first-order valence-electron chi connectivity index (χ1n) is 5.17. The molecule has 0 heterocycles. The van der Waals surface area contributed by atoms with Crippen molar-refractivity contribution in [2.45, 2.75) is 25.9 Å². The fourth-order valence-electron chi connectivity index (χ4n) is 1.25. The molecule has 0 spiro atoms. The average Bonchev–Trinajstić information content (AvgIpc) is 2.18. The van der Waals surface area contributed by atoms with Crippen LogP contribution in [0.1, 0.15) is 19.4 Å². The van der Waals surface area contributed by atoms with Crippen LogP contribution in [0.15, 0.2) is 28.7 Å². The SMILES string of the molecule is CNC(C)(C)CNCc1cccc(Br)c1. The minimum atomic E-state index is 0.145. The molecule has 0 aromatic heterocycles. The Morgan fingerprint density at radius 2 is 2.07 bits per heavy atom. The lowest BCUT2D eigenvalue weighted by Crippen LogP contribution is -2.45. The van der Waals surface area contributed by atoms with E-state index in [1.807, 2.05) is 13.1 Å². The molecule has 1 rings (SSSR count). The van der Waals surface area contributed by atoms with E-state index in [-0.39, 0.29) is 5.54 Å². The summed E-state index contributed by atoms with van der Waals surface area (Å²) in [5.41, 5.74) is 1.45. The van der Waals surface area contributed by atoms with Gasteiger partial charge in [-0.25, -0.2) is 0 Å². The van der Waals surface area contributed by atoms with Crippen molar-refractivity contribution in [3.8, 4) is 0 Å². The van der Waals surface area contributed by atoms with Crippen LogP contribution in [0.3, 0.4) is 0 Å². The van der Waals surface area contributed by atoms with Crippen LogP contribution < -0.4 is 10.6 Å². The fraction of sp³-hybridized carbons (Fsp3) is 0.500. The highest BCUT2D eigenvalue weighted by Gasteiger charge is 2.12. The van der Waals surface area contributed by atoms with Gasteiger partial charge in [0.1, 0.15) is 0 Å². The minimum absolute atomic E-state index is 0.145. The molecule has 1 aromatic rings. The van der Waals surface area contributed by atoms with Gasteiger partial charge in [-0.1, -0.05) is 28.1 Å². The summed E-state index contributed by atoms with van der Waals surface area (Å²) in [6, 6.07) is 8.37.